The first kappa shape index (κ1) is 17.3. The second kappa shape index (κ2) is 7.26. The number of aromatic amines is 1. The van der Waals surface area contributed by atoms with E-state index in [0.717, 1.165) is 12.1 Å². The lowest BCUT2D eigenvalue weighted by Crippen LogP contribution is -2.41. The SMILES string of the molecule is CCCCc1ccc(NC(=O)N2CCc3c(nc4cc[nH]n4c3=O)C2)cc1. The van der Waals surface area contributed by atoms with Crippen LogP contribution in [0.4, 0.5) is 10.5 Å². The zero-order valence-corrected chi connectivity index (χ0v) is 15.4. The van der Waals surface area contributed by atoms with Crippen molar-refractivity contribution in [3.63, 3.8) is 0 Å². The number of amides is 2. The fraction of sp³-hybridized carbons (Fsp3) is 0.350. The number of anilines is 1. The van der Waals surface area contributed by atoms with Crippen molar-refractivity contribution in [2.75, 3.05) is 11.9 Å². The summed E-state index contributed by atoms with van der Waals surface area (Å²) in [7, 11) is 0. The monoisotopic (exact) mass is 365 g/mol. The van der Waals surface area contributed by atoms with Gasteiger partial charge in [-0.1, -0.05) is 25.5 Å². The molecule has 7 nitrogen and oxygen atoms in total. The molecule has 0 saturated carbocycles. The number of benzene rings is 1. The van der Waals surface area contributed by atoms with Crippen molar-refractivity contribution in [2.45, 2.75) is 39.2 Å². The van der Waals surface area contributed by atoms with Crippen LogP contribution >= 0.6 is 0 Å². The van der Waals surface area contributed by atoms with Crippen molar-refractivity contribution in [1.29, 1.82) is 0 Å². The molecular formula is C20H23N5O2. The van der Waals surface area contributed by atoms with E-state index in [9.17, 15) is 9.59 Å². The molecule has 0 fully saturated rings. The maximum Gasteiger partial charge on any atom is 0.322 e. The second-order valence-corrected chi connectivity index (χ2v) is 6.90. The van der Waals surface area contributed by atoms with Gasteiger partial charge in [-0.05, 0) is 37.0 Å². The molecule has 0 unspecified atom stereocenters. The molecule has 3 heterocycles. The van der Waals surface area contributed by atoms with Crippen LogP contribution in [0.15, 0.2) is 41.3 Å². The van der Waals surface area contributed by atoms with Gasteiger partial charge in [-0.2, -0.15) is 0 Å². The minimum Gasteiger partial charge on any atom is -0.318 e. The van der Waals surface area contributed by atoms with E-state index in [1.807, 2.05) is 12.1 Å². The number of aromatic nitrogens is 3. The lowest BCUT2D eigenvalue weighted by atomic mass is 10.1. The molecule has 0 bridgehead atoms. The molecule has 0 atom stereocenters. The van der Waals surface area contributed by atoms with Crippen LogP contribution in [0.5, 0.6) is 0 Å². The summed E-state index contributed by atoms with van der Waals surface area (Å²) in [5.74, 6) is 0. The molecule has 2 amide bonds. The smallest absolute Gasteiger partial charge is 0.318 e. The Morgan fingerprint density at radius 2 is 2.07 bits per heavy atom. The van der Waals surface area contributed by atoms with Crippen LogP contribution in [0.1, 0.15) is 36.6 Å². The number of nitrogens with zero attached hydrogens (tertiary/aromatic N) is 3. The van der Waals surface area contributed by atoms with Gasteiger partial charge < -0.3 is 10.2 Å². The zero-order valence-electron chi connectivity index (χ0n) is 15.4. The number of carbonyl (C=O) groups is 1. The number of hydrogen-bond acceptors (Lipinski definition) is 3. The highest BCUT2D eigenvalue weighted by Gasteiger charge is 2.25. The van der Waals surface area contributed by atoms with Gasteiger partial charge in [0.05, 0.1) is 12.2 Å². The largest absolute Gasteiger partial charge is 0.322 e. The Hall–Kier alpha value is -3.09. The summed E-state index contributed by atoms with van der Waals surface area (Å²) >= 11 is 0. The fourth-order valence-corrected chi connectivity index (χ4v) is 3.44. The lowest BCUT2D eigenvalue weighted by Gasteiger charge is -2.27. The maximum atomic E-state index is 12.6. The Morgan fingerprint density at radius 3 is 2.85 bits per heavy atom. The number of carbonyl (C=O) groups excluding carboxylic acids is 1. The third-order valence-corrected chi connectivity index (χ3v) is 5.01. The number of rotatable bonds is 4. The van der Waals surface area contributed by atoms with Crippen LogP contribution in [0, 0.1) is 0 Å². The number of H-pyrrole nitrogens is 1. The number of unbranched alkanes of at least 4 members (excludes halogenated alkanes) is 1. The van der Waals surface area contributed by atoms with E-state index in [1.54, 1.807) is 17.2 Å². The standard InChI is InChI=1S/C20H23N5O2/c1-2-3-4-14-5-7-15(8-6-14)22-20(27)24-12-10-16-17(13-24)23-18-9-11-21-25(18)19(16)26/h5-9,11,21H,2-4,10,12-13H2,1H3,(H,22,27). The lowest BCUT2D eigenvalue weighted by molar-refractivity contribution is 0.205. The molecule has 0 aliphatic carbocycles. The van der Waals surface area contributed by atoms with Gasteiger partial charge in [0.25, 0.3) is 5.56 Å². The van der Waals surface area contributed by atoms with E-state index in [-0.39, 0.29) is 11.6 Å². The summed E-state index contributed by atoms with van der Waals surface area (Å²) < 4.78 is 1.44. The highest BCUT2D eigenvalue weighted by molar-refractivity contribution is 5.89. The predicted molar refractivity (Wildman–Crippen MR) is 104 cm³/mol. The summed E-state index contributed by atoms with van der Waals surface area (Å²) in [5.41, 5.74) is 3.91. The number of fused-ring (bicyclic) bond motifs is 2. The molecule has 0 spiro atoms. The van der Waals surface area contributed by atoms with Crippen LogP contribution < -0.4 is 10.9 Å². The molecule has 0 radical (unpaired) electrons. The van der Waals surface area contributed by atoms with Crippen molar-refractivity contribution >= 4 is 17.4 Å². The minimum atomic E-state index is -0.168. The zero-order chi connectivity index (χ0) is 18.8. The Morgan fingerprint density at radius 1 is 1.26 bits per heavy atom. The third-order valence-electron chi connectivity index (χ3n) is 5.01. The van der Waals surface area contributed by atoms with E-state index in [0.29, 0.717) is 36.4 Å². The van der Waals surface area contributed by atoms with Crippen molar-refractivity contribution in [1.82, 2.24) is 19.5 Å². The van der Waals surface area contributed by atoms with Gasteiger partial charge in [-0.15, -0.1) is 0 Å². The average molecular weight is 365 g/mol. The van der Waals surface area contributed by atoms with Gasteiger partial charge in [-0.3, -0.25) is 9.89 Å². The van der Waals surface area contributed by atoms with Crippen molar-refractivity contribution in [2.24, 2.45) is 0 Å². The Kier molecular flexibility index (Phi) is 4.66. The van der Waals surface area contributed by atoms with E-state index >= 15 is 0 Å². The molecule has 140 valence electrons. The highest BCUT2D eigenvalue weighted by Crippen LogP contribution is 2.17. The average Bonchev–Trinajstić information content (AvgIpc) is 3.16. The molecule has 1 aliphatic rings. The maximum absolute atomic E-state index is 12.6. The highest BCUT2D eigenvalue weighted by atomic mass is 16.2. The van der Waals surface area contributed by atoms with Crippen LogP contribution in [0.3, 0.4) is 0 Å². The van der Waals surface area contributed by atoms with Crippen molar-refractivity contribution in [3.05, 3.63) is 63.7 Å². The van der Waals surface area contributed by atoms with E-state index in [2.05, 4.69) is 34.5 Å². The molecular weight excluding hydrogens is 342 g/mol. The fourth-order valence-electron chi connectivity index (χ4n) is 3.44. The first-order chi connectivity index (χ1) is 13.2. The summed E-state index contributed by atoms with van der Waals surface area (Å²) in [4.78, 5) is 31.3. The van der Waals surface area contributed by atoms with E-state index in [4.69, 9.17) is 0 Å². The van der Waals surface area contributed by atoms with Crippen LogP contribution in [-0.2, 0) is 19.4 Å². The van der Waals surface area contributed by atoms with Gasteiger partial charge in [0.1, 0.15) is 0 Å². The second-order valence-electron chi connectivity index (χ2n) is 6.90. The minimum absolute atomic E-state index is 0.0808. The first-order valence-corrected chi connectivity index (χ1v) is 9.38. The topological polar surface area (TPSA) is 82.5 Å². The molecule has 3 aromatic rings. The molecule has 2 N–H and O–H groups in total. The van der Waals surface area contributed by atoms with Gasteiger partial charge in [-0.25, -0.2) is 14.3 Å². The van der Waals surface area contributed by atoms with E-state index in [1.165, 1.54) is 22.9 Å². The van der Waals surface area contributed by atoms with Gasteiger partial charge >= 0.3 is 6.03 Å². The first-order valence-electron chi connectivity index (χ1n) is 9.38. The van der Waals surface area contributed by atoms with Crippen LogP contribution in [0.25, 0.3) is 5.65 Å². The van der Waals surface area contributed by atoms with Crippen LogP contribution in [0.2, 0.25) is 0 Å². The molecule has 1 aromatic carbocycles. The van der Waals surface area contributed by atoms with E-state index < -0.39 is 0 Å². The Bertz CT molecular complexity index is 1020. The molecule has 0 saturated heterocycles. The number of aryl methyl sites for hydroxylation is 1. The Labute approximate surface area is 157 Å². The third kappa shape index (κ3) is 3.45. The Balaban J connectivity index is 1.46. The number of hydrogen-bond donors (Lipinski definition) is 2. The van der Waals surface area contributed by atoms with Crippen molar-refractivity contribution in [3.8, 4) is 0 Å². The summed E-state index contributed by atoms with van der Waals surface area (Å²) in [6.07, 6.45) is 5.58. The number of nitrogens with one attached hydrogen (secondary N) is 2. The quantitative estimate of drug-likeness (QED) is 0.746. The molecule has 2 aromatic heterocycles. The molecule has 1 aliphatic heterocycles. The van der Waals surface area contributed by atoms with Crippen molar-refractivity contribution < 1.29 is 4.79 Å². The number of urea groups is 1. The van der Waals surface area contributed by atoms with Gasteiger partial charge in [0.15, 0.2) is 5.65 Å². The van der Waals surface area contributed by atoms with Gasteiger partial charge in [0.2, 0.25) is 0 Å². The normalized spacial score (nSPS) is 13.6. The van der Waals surface area contributed by atoms with Gasteiger partial charge in [0, 0.05) is 30.1 Å². The summed E-state index contributed by atoms with van der Waals surface area (Å²) in [6, 6.07) is 9.58. The molecule has 27 heavy (non-hydrogen) atoms. The summed E-state index contributed by atoms with van der Waals surface area (Å²) in [5, 5.41) is 5.81. The molecule has 4 rings (SSSR count). The molecule has 7 heteroatoms. The summed E-state index contributed by atoms with van der Waals surface area (Å²) in [6.45, 7) is 3.01. The predicted octanol–water partition coefficient (Wildman–Crippen LogP) is 2.96. The van der Waals surface area contributed by atoms with Crippen LogP contribution in [-0.4, -0.2) is 32.1 Å².